The fourth-order valence-electron chi connectivity index (χ4n) is 7.13. The van der Waals surface area contributed by atoms with E-state index in [2.05, 4.69) is 123 Å². The van der Waals surface area contributed by atoms with E-state index < -0.39 is 18.2 Å². The summed E-state index contributed by atoms with van der Waals surface area (Å²) in [7, 11) is 0. The molecule has 0 aromatic heterocycles. The molecule has 62 heavy (non-hydrogen) atoms. The van der Waals surface area contributed by atoms with Gasteiger partial charge in [-0.2, -0.15) is 0 Å². The Balaban J connectivity index is 4.73. The van der Waals surface area contributed by atoms with Crippen LogP contribution < -0.4 is 5.32 Å². The predicted octanol–water partition coefficient (Wildman–Crippen LogP) is 15.3. The Morgan fingerprint density at radius 3 is 1.32 bits per heavy atom. The zero-order valence-corrected chi connectivity index (χ0v) is 40.2. The molecule has 0 aliphatic heterocycles. The summed E-state index contributed by atoms with van der Waals surface area (Å²) < 4.78 is 5.89. The quantitative estimate of drug-likeness (QED) is 0.0322. The minimum atomic E-state index is -0.808. The molecule has 0 aromatic carbocycles. The molecule has 3 unspecified atom stereocenters. The van der Waals surface area contributed by atoms with Crippen molar-refractivity contribution in [3.05, 3.63) is 97.2 Å². The van der Waals surface area contributed by atoms with Crippen molar-refractivity contribution in [1.29, 1.82) is 0 Å². The number of hydrogen-bond donors (Lipinski definition) is 3. The van der Waals surface area contributed by atoms with Crippen molar-refractivity contribution in [2.75, 3.05) is 6.61 Å². The minimum absolute atomic E-state index is 0.0345. The maximum atomic E-state index is 13.2. The van der Waals surface area contributed by atoms with Crippen LogP contribution in [-0.4, -0.2) is 46.9 Å². The van der Waals surface area contributed by atoms with Gasteiger partial charge in [-0.15, -0.1) is 0 Å². The van der Waals surface area contributed by atoms with Crippen LogP contribution in [0, 0.1) is 0 Å². The van der Waals surface area contributed by atoms with Gasteiger partial charge >= 0.3 is 5.97 Å². The smallest absolute Gasteiger partial charge is 0.306 e. The van der Waals surface area contributed by atoms with E-state index in [9.17, 15) is 19.8 Å². The zero-order chi connectivity index (χ0) is 45.2. The third-order valence-electron chi connectivity index (χ3n) is 10.9. The molecular weight excluding hydrogens is 767 g/mol. The molecule has 0 radical (unpaired) electrons. The Morgan fingerprint density at radius 1 is 0.484 bits per heavy atom. The zero-order valence-electron chi connectivity index (χ0n) is 40.2. The summed E-state index contributed by atoms with van der Waals surface area (Å²) in [4.78, 5) is 26.1. The van der Waals surface area contributed by atoms with Gasteiger partial charge in [-0.05, 0) is 96.3 Å². The molecule has 0 fully saturated rings. The maximum absolute atomic E-state index is 13.2. The molecule has 1 amide bonds. The van der Waals surface area contributed by atoms with Gasteiger partial charge in [0.1, 0.15) is 6.10 Å². The first-order valence-corrected chi connectivity index (χ1v) is 25.5. The molecule has 0 spiro atoms. The summed E-state index contributed by atoms with van der Waals surface area (Å²) in [6.45, 7) is 6.23. The van der Waals surface area contributed by atoms with Gasteiger partial charge in [0.05, 0.1) is 25.2 Å². The van der Waals surface area contributed by atoms with Crippen LogP contribution in [0.3, 0.4) is 0 Å². The number of allylic oxidation sites excluding steroid dienone is 16. The minimum Gasteiger partial charge on any atom is -0.462 e. The predicted molar refractivity (Wildman–Crippen MR) is 268 cm³/mol. The van der Waals surface area contributed by atoms with Crippen LogP contribution in [0.25, 0.3) is 0 Å². The molecule has 0 aliphatic carbocycles. The fourth-order valence-corrected chi connectivity index (χ4v) is 7.13. The summed E-state index contributed by atoms with van der Waals surface area (Å²) in [5, 5.41) is 23.7. The van der Waals surface area contributed by atoms with Crippen LogP contribution in [0.4, 0.5) is 0 Å². The van der Waals surface area contributed by atoms with Crippen molar-refractivity contribution in [2.24, 2.45) is 0 Å². The second-order valence-electron chi connectivity index (χ2n) is 16.8. The Hall–Kier alpha value is -3.22. The van der Waals surface area contributed by atoms with E-state index in [0.717, 1.165) is 109 Å². The Bertz CT molecular complexity index is 1240. The van der Waals surface area contributed by atoms with E-state index >= 15 is 0 Å². The first-order chi connectivity index (χ1) is 30.5. The maximum Gasteiger partial charge on any atom is 0.306 e. The first-order valence-electron chi connectivity index (χ1n) is 25.5. The SMILES string of the molecule is CC/C=C\C/C=C\C/C=C\C/C=C\C/C=C\CCCC(=O)OC(CCCCCC/C=C/C/C=C/C/C=C/CC)CC(=O)NC(CO)C(O)CCCCCCCCCCCCCC. The summed E-state index contributed by atoms with van der Waals surface area (Å²) in [5.74, 6) is -0.573. The average Bonchev–Trinajstić information content (AvgIpc) is 3.26. The van der Waals surface area contributed by atoms with Crippen molar-refractivity contribution in [3.8, 4) is 0 Å². The summed E-state index contributed by atoms with van der Waals surface area (Å²) in [6.07, 6.45) is 64.7. The Kier molecular flexibility index (Phi) is 46.3. The lowest BCUT2D eigenvalue weighted by Gasteiger charge is -2.24. The molecule has 0 bridgehead atoms. The van der Waals surface area contributed by atoms with Crippen LogP contribution in [0.2, 0.25) is 0 Å². The highest BCUT2D eigenvalue weighted by Crippen LogP contribution is 2.17. The second kappa shape index (κ2) is 48.8. The molecule has 6 nitrogen and oxygen atoms in total. The van der Waals surface area contributed by atoms with Crippen LogP contribution >= 0.6 is 0 Å². The second-order valence-corrected chi connectivity index (χ2v) is 16.8. The number of ether oxygens (including phenoxy) is 1. The highest BCUT2D eigenvalue weighted by molar-refractivity contribution is 5.77. The van der Waals surface area contributed by atoms with Crippen molar-refractivity contribution in [3.63, 3.8) is 0 Å². The van der Waals surface area contributed by atoms with E-state index in [4.69, 9.17) is 4.74 Å². The van der Waals surface area contributed by atoms with E-state index in [-0.39, 0.29) is 24.9 Å². The number of aliphatic hydroxyl groups is 2. The topological polar surface area (TPSA) is 95.9 Å². The summed E-state index contributed by atoms with van der Waals surface area (Å²) in [5.41, 5.74) is 0. The Morgan fingerprint density at radius 2 is 0.871 bits per heavy atom. The molecule has 6 heteroatoms. The molecule has 0 saturated heterocycles. The lowest BCUT2D eigenvalue weighted by Crippen LogP contribution is -2.46. The average molecular weight is 862 g/mol. The fraction of sp³-hybridized carbons (Fsp3) is 0.679. The molecule has 3 atom stereocenters. The number of rotatable bonds is 44. The van der Waals surface area contributed by atoms with Crippen molar-refractivity contribution < 1.29 is 24.5 Å². The molecule has 0 rings (SSSR count). The van der Waals surface area contributed by atoms with Gasteiger partial charge in [0.15, 0.2) is 0 Å². The van der Waals surface area contributed by atoms with Gasteiger partial charge in [0.2, 0.25) is 5.91 Å². The van der Waals surface area contributed by atoms with Gasteiger partial charge in [-0.1, -0.05) is 208 Å². The number of amides is 1. The van der Waals surface area contributed by atoms with E-state index in [1.165, 1.54) is 57.8 Å². The largest absolute Gasteiger partial charge is 0.462 e. The Labute approximate surface area is 382 Å². The molecular formula is C56H95NO5. The number of unbranched alkanes of at least 4 members (excludes halogenated alkanes) is 16. The normalized spacial score (nSPS) is 14.1. The lowest BCUT2D eigenvalue weighted by molar-refractivity contribution is -0.151. The number of hydrogen-bond acceptors (Lipinski definition) is 5. The molecule has 0 saturated carbocycles. The van der Waals surface area contributed by atoms with E-state index in [1.54, 1.807) is 0 Å². The third kappa shape index (κ3) is 43.4. The highest BCUT2D eigenvalue weighted by atomic mass is 16.5. The molecule has 0 aromatic rings. The van der Waals surface area contributed by atoms with Gasteiger partial charge in [-0.25, -0.2) is 0 Å². The molecule has 0 heterocycles. The van der Waals surface area contributed by atoms with Gasteiger partial charge in [0.25, 0.3) is 0 Å². The van der Waals surface area contributed by atoms with Crippen molar-refractivity contribution in [2.45, 2.75) is 238 Å². The number of carbonyl (C=O) groups is 2. The van der Waals surface area contributed by atoms with Gasteiger partial charge in [0, 0.05) is 6.42 Å². The molecule has 0 aliphatic rings. The van der Waals surface area contributed by atoms with Gasteiger partial charge in [-0.3, -0.25) is 9.59 Å². The van der Waals surface area contributed by atoms with Crippen LogP contribution in [0.5, 0.6) is 0 Å². The number of nitrogens with one attached hydrogen (secondary N) is 1. The molecule has 3 N–H and O–H groups in total. The third-order valence-corrected chi connectivity index (χ3v) is 10.9. The van der Waals surface area contributed by atoms with Crippen LogP contribution in [0.15, 0.2) is 97.2 Å². The van der Waals surface area contributed by atoms with E-state index in [0.29, 0.717) is 25.7 Å². The highest BCUT2D eigenvalue weighted by Gasteiger charge is 2.24. The number of aliphatic hydroxyl groups excluding tert-OH is 2. The van der Waals surface area contributed by atoms with Crippen molar-refractivity contribution >= 4 is 11.9 Å². The van der Waals surface area contributed by atoms with Gasteiger partial charge < -0.3 is 20.3 Å². The molecule has 354 valence electrons. The summed E-state index contributed by atoms with van der Waals surface area (Å²) >= 11 is 0. The standard InChI is InChI=1S/C56H95NO5/c1-4-7-10-13-16-19-22-25-27-28-29-31-34-37-40-43-46-49-56(61)62-52(47-44-41-38-35-32-30-26-23-20-17-14-11-8-5-2)50-55(60)57-53(51-58)54(59)48-45-42-39-36-33-24-21-18-15-12-9-6-3/h7-8,10-11,16-17,19-20,25-27,29-31,37,40,52-54,58-59H,4-6,9,12-15,18,21-24,28,32-36,38-39,41-51H2,1-3H3,(H,57,60)/b10-7-,11-8+,19-16-,20-17+,27-25-,30-26+,31-29-,40-37-. The van der Waals surface area contributed by atoms with Crippen molar-refractivity contribution in [1.82, 2.24) is 5.32 Å². The first kappa shape index (κ1) is 58.8. The number of carbonyl (C=O) groups excluding carboxylic acids is 2. The summed E-state index contributed by atoms with van der Waals surface area (Å²) in [6, 6.07) is -0.725. The van der Waals surface area contributed by atoms with Crippen LogP contribution in [-0.2, 0) is 14.3 Å². The number of esters is 1. The monoisotopic (exact) mass is 862 g/mol. The lowest BCUT2D eigenvalue weighted by atomic mass is 10.0. The van der Waals surface area contributed by atoms with E-state index in [1.807, 2.05) is 0 Å². The van der Waals surface area contributed by atoms with Crippen LogP contribution in [0.1, 0.15) is 220 Å².